The predicted octanol–water partition coefficient (Wildman–Crippen LogP) is 5.78. The second kappa shape index (κ2) is 6.51. The third-order valence-electron chi connectivity index (χ3n) is 3.94. The van der Waals surface area contributed by atoms with Crippen LogP contribution in [0.3, 0.4) is 0 Å². The van der Waals surface area contributed by atoms with E-state index in [0.29, 0.717) is 21.8 Å². The molecule has 0 amide bonds. The quantitative estimate of drug-likeness (QED) is 0.421. The van der Waals surface area contributed by atoms with E-state index in [1.54, 1.807) is 24.4 Å². The topological polar surface area (TPSA) is 43.1 Å². The lowest BCUT2D eigenvalue weighted by atomic mass is 10.1. The number of hydrogen-bond donors (Lipinski definition) is 0. The molecule has 0 unspecified atom stereocenters. The fraction of sp³-hybridized carbons (Fsp3) is 0.0556. The Morgan fingerprint density at radius 3 is 2.44 bits per heavy atom. The first kappa shape index (κ1) is 17.8. The first-order valence-electron chi connectivity index (χ1n) is 7.66. The lowest BCUT2D eigenvalue weighted by Gasteiger charge is -2.12. The Labute approximate surface area is 161 Å². The van der Waals surface area contributed by atoms with Gasteiger partial charge in [0.05, 0.1) is 15.7 Å². The molecule has 0 spiro atoms. The predicted molar refractivity (Wildman–Crippen MR) is 96.7 cm³/mol. The maximum Gasteiger partial charge on any atom is 0.431 e. The Balaban J connectivity index is 2.01. The summed E-state index contributed by atoms with van der Waals surface area (Å²) in [5.41, 5.74) is 0.562. The first-order valence-corrected chi connectivity index (χ1v) is 8.41. The van der Waals surface area contributed by atoms with Crippen LogP contribution in [0.2, 0.25) is 10.0 Å². The summed E-state index contributed by atoms with van der Waals surface area (Å²) >= 11 is 11.9. The molecule has 0 N–H and O–H groups in total. The molecule has 1 aromatic carbocycles. The molecular formula is C18H9Cl2F3N4. The number of pyridine rings is 1. The summed E-state index contributed by atoms with van der Waals surface area (Å²) in [5, 5.41) is 0.531. The average molecular weight is 409 g/mol. The third kappa shape index (κ3) is 3.24. The van der Waals surface area contributed by atoms with Crippen molar-refractivity contribution in [3.05, 3.63) is 70.9 Å². The highest BCUT2D eigenvalue weighted by atomic mass is 35.5. The van der Waals surface area contributed by atoms with Crippen LogP contribution in [-0.4, -0.2) is 19.4 Å². The van der Waals surface area contributed by atoms with Gasteiger partial charge < -0.3 is 0 Å². The summed E-state index contributed by atoms with van der Waals surface area (Å²) in [6.07, 6.45) is -0.411. The van der Waals surface area contributed by atoms with Gasteiger partial charge in [-0.3, -0.25) is 9.38 Å². The van der Waals surface area contributed by atoms with Crippen molar-refractivity contribution in [3.8, 4) is 22.5 Å². The molecule has 3 aromatic heterocycles. The van der Waals surface area contributed by atoms with Gasteiger partial charge in [0.15, 0.2) is 5.65 Å². The Morgan fingerprint density at radius 1 is 0.963 bits per heavy atom. The van der Waals surface area contributed by atoms with Crippen molar-refractivity contribution in [2.75, 3.05) is 0 Å². The Kier molecular flexibility index (Phi) is 4.28. The van der Waals surface area contributed by atoms with Crippen LogP contribution in [0.15, 0.2) is 55.1 Å². The van der Waals surface area contributed by atoms with Crippen LogP contribution in [0.25, 0.3) is 28.2 Å². The van der Waals surface area contributed by atoms with Gasteiger partial charge in [-0.15, -0.1) is 0 Å². The molecule has 136 valence electrons. The zero-order valence-electron chi connectivity index (χ0n) is 13.4. The molecule has 27 heavy (non-hydrogen) atoms. The molecule has 4 aromatic rings. The van der Waals surface area contributed by atoms with Gasteiger partial charge in [-0.05, 0) is 30.3 Å². The van der Waals surface area contributed by atoms with Crippen LogP contribution in [0.5, 0.6) is 0 Å². The number of nitrogens with zero attached hydrogens (tertiary/aromatic N) is 4. The highest BCUT2D eigenvalue weighted by Crippen LogP contribution is 2.35. The van der Waals surface area contributed by atoms with E-state index in [1.165, 1.54) is 18.3 Å². The minimum atomic E-state index is -4.60. The number of alkyl halides is 3. The van der Waals surface area contributed by atoms with Crippen molar-refractivity contribution < 1.29 is 13.2 Å². The van der Waals surface area contributed by atoms with Crippen LogP contribution in [-0.2, 0) is 6.18 Å². The van der Waals surface area contributed by atoms with E-state index >= 15 is 0 Å². The molecule has 0 radical (unpaired) electrons. The number of hydrogen-bond acceptors (Lipinski definition) is 3. The Bertz CT molecular complexity index is 1140. The van der Waals surface area contributed by atoms with Crippen molar-refractivity contribution in [2.24, 2.45) is 0 Å². The van der Waals surface area contributed by atoms with Crippen molar-refractivity contribution in [3.63, 3.8) is 0 Å². The molecule has 0 fully saturated rings. The molecular weight excluding hydrogens is 400 g/mol. The molecule has 0 bridgehead atoms. The van der Waals surface area contributed by atoms with Gasteiger partial charge >= 0.3 is 6.18 Å². The molecule has 4 nitrogen and oxygen atoms in total. The standard InChI is InChI=1S/C18H9Cl2F3N4/c19-12-4-3-10(6-13(12)20)14-7-15(18(21,22)23)27-9-25-16(17(27)26-14)11-2-1-5-24-8-11/h1-9H. The molecule has 0 atom stereocenters. The third-order valence-corrected chi connectivity index (χ3v) is 4.68. The minimum Gasteiger partial charge on any atom is -0.278 e. The molecule has 4 rings (SSSR count). The minimum absolute atomic E-state index is 0.0684. The van der Waals surface area contributed by atoms with E-state index < -0.39 is 11.9 Å². The monoisotopic (exact) mass is 408 g/mol. The normalized spacial score (nSPS) is 11.9. The van der Waals surface area contributed by atoms with Gasteiger partial charge in [0.1, 0.15) is 17.7 Å². The number of rotatable bonds is 2. The number of halogens is 5. The summed E-state index contributed by atoms with van der Waals surface area (Å²) in [4.78, 5) is 12.5. The fourth-order valence-corrected chi connectivity index (χ4v) is 3.00. The van der Waals surface area contributed by atoms with Crippen LogP contribution in [0.4, 0.5) is 13.2 Å². The van der Waals surface area contributed by atoms with E-state index in [0.717, 1.165) is 16.8 Å². The maximum atomic E-state index is 13.6. The molecule has 9 heteroatoms. The maximum absolute atomic E-state index is 13.6. The van der Waals surface area contributed by atoms with E-state index in [-0.39, 0.29) is 16.4 Å². The second-order valence-electron chi connectivity index (χ2n) is 5.68. The summed E-state index contributed by atoms with van der Waals surface area (Å²) in [5.74, 6) is 0. The summed E-state index contributed by atoms with van der Waals surface area (Å²) in [6, 6.07) is 8.89. The SMILES string of the molecule is FC(F)(F)c1cc(-c2ccc(Cl)c(Cl)c2)nc2c(-c3cccnc3)ncn12. The van der Waals surface area contributed by atoms with Gasteiger partial charge in [0.2, 0.25) is 0 Å². The van der Waals surface area contributed by atoms with E-state index in [2.05, 4.69) is 15.0 Å². The molecule has 3 heterocycles. The fourth-order valence-electron chi connectivity index (χ4n) is 2.70. The summed E-state index contributed by atoms with van der Waals surface area (Å²) in [6.45, 7) is 0. The van der Waals surface area contributed by atoms with Gasteiger partial charge in [-0.1, -0.05) is 29.3 Å². The molecule has 0 saturated heterocycles. The molecule has 0 saturated carbocycles. The zero-order valence-corrected chi connectivity index (χ0v) is 14.9. The smallest absolute Gasteiger partial charge is 0.278 e. The van der Waals surface area contributed by atoms with E-state index in [4.69, 9.17) is 23.2 Å². The van der Waals surface area contributed by atoms with Gasteiger partial charge in [0.25, 0.3) is 0 Å². The summed E-state index contributed by atoms with van der Waals surface area (Å²) in [7, 11) is 0. The van der Waals surface area contributed by atoms with Gasteiger partial charge in [0, 0.05) is 23.5 Å². The van der Waals surface area contributed by atoms with Crippen molar-refractivity contribution >= 4 is 28.8 Å². The molecule has 0 aliphatic rings. The van der Waals surface area contributed by atoms with Crippen molar-refractivity contribution in [1.82, 2.24) is 19.4 Å². The lowest BCUT2D eigenvalue weighted by molar-refractivity contribution is -0.142. The van der Waals surface area contributed by atoms with Crippen LogP contribution in [0.1, 0.15) is 5.69 Å². The van der Waals surface area contributed by atoms with Crippen LogP contribution < -0.4 is 0 Å². The number of fused-ring (bicyclic) bond motifs is 1. The summed E-state index contributed by atoms with van der Waals surface area (Å²) < 4.78 is 41.8. The largest absolute Gasteiger partial charge is 0.431 e. The zero-order chi connectivity index (χ0) is 19.2. The first-order chi connectivity index (χ1) is 12.8. The van der Waals surface area contributed by atoms with Crippen molar-refractivity contribution in [2.45, 2.75) is 6.18 Å². The Morgan fingerprint density at radius 2 is 1.78 bits per heavy atom. The van der Waals surface area contributed by atoms with E-state index in [1.807, 2.05) is 0 Å². The van der Waals surface area contributed by atoms with Crippen LogP contribution in [0, 0.1) is 0 Å². The lowest BCUT2D eigenvalue weighted by Crippen LogP contribution is -2.12. The van der Waals surface area contributed by atoms with Gasteiger partial charge in [-0.2, -0.15) is 13.2 Å². The average Bonchev–Trinajstić information content (AvgIpc) is 3.07. The number of imidazole rings is 1. The number of benzene rings is 1. The second-order valence-corrected chi connectivity index (χ2v) is 6.50. The molecule has 0 aliphatic carbocycles. The molecule has 0 aliphatic heterocycles. The Hall–Kier alpha value is -2.64. The highest BCUT2D eigenvalue weighted by molar-refractivity contribution is 6.42. The van der Waals surface area contributed by atoms with E-state index in [9.17, 15) is 13.2 Å². The van der Waals surface area contributed by atoms with Crippen molar-refractivity contribution in [1.29, 1.82) is 0 Å². The number of aromatic nitrogens is 4. The van der Waals surface area contributed by atoms with Crippen LogP contribution >= 0.6 is 23.2 Å². The highest BCUT2D eigenvalue weighted by Gasteiger charge is 2.35. The van der Waals surface area contributed by atoms with Gasteiger partial charge in [-0.25, -0.2) is 9.97 Å².